The molecule has 0 saturated heterocycles. The second-order valence-electron chi connectivity index (χ2n) is 8.14. The fourth-order valence-electron chi connectivity index (χ4n) is 3.76. The summed E-state index contributed by atoms with van der Waals surface area (Å²) in [5, 5.41) is 0. The highest BCUT2D eigenvalue weighted by Crippen LogP contribution is 2.39. The lowest BCUT2D eigenvalue weighted by Crippen LogP contribution is -2.40. The topological polar surface area (TPSA) is 52.6 Å². The Bertz CT molecular complexity index is 372. The number of hydrogen-bond acceptors (Lipinski definition) is 4. The minimum atomic E-state index is -0.791. The summed E-state index contributed by atoms with van der Waals surface area (Å²) >= 11 is 0. The first kappa shape index (κ1) is 21.0. The van der Waals surface area contributed by atoms with Gasteiger partial charge in [0.15, 0.2) is 5.92 Å². The van der Waals surface area contributed by atoms with Crippen molar-refractivity contribution in [2.45, 2.75) is 92.3 Å². The van der Waals surface area contributed by atoms with Crippen molar-refractivity contribution in [3.05, 3.63) is 0 Å². The summed E-state index contributed by atoms with van der Waals surface area (Å²) in [5.74, 6) is -0.759. The Kier molecular flexibility index (Phi) is 8.79. The molecule has 0 aromatic carbocycles. The molecule has 1 atom stereocenters. The molecule has 0 amide bonds. The Balaban J connectivity index is 3.06. The van der Waals surface area contributed by atoms with Gasteiger partial charge in [-0.05, 0) is 51.9 Å². The van der Waals surface area contributed by atoms with Crippen LogP contribution in [0.1, 0.15) is 80.1 Å². The van der Waals surface area contributed by atoms with Crippen molar-refractivity contribution < 1.29 is 19.1 Å². The Hall–Kier alpha value is -1.06. The summed E-state index contributed by atoms with van der Waals surface area (Å²) in [5.41, 5.74) is 0. The van der Waals surface area contributed by atoms with Gasteiger partial charge in [0.05, 0.1) is 12.2 Å². The monoisotopic (exact) mass is 340 g/mol. The number of esters is 2. The van der Waals surface area contributed by atoms with Gasteiger partial charge in [0, 0.05) is 0 Å². The van der Waals surface area contributed by atoms with Gasteiger partial charge in [-0.15, -0.1) is 0 Å². The van der Waals surface area contributed by atoms with E-state index >= 15 is 0 Å². The number of hydrogen-bond donors (Lipinski definition) is 0. The van der Waals surface area contributed by atoms with E-state index in [-0.39, 0.29) is 18.1 Å². The van der Waals surface area contributed by atoms with Crippen molar-refractivity contribution in [3.8, 4) is 0 Å². The van der Waals surface area contributed by atoms with Gasteiger partial charge >= 0.3 is 11.9 Å². The second-order valence-corrected chi connectivity index (χ2v) is 8.14. The third-order valence-corrected chi connectivity index (χ3v) is 4.64. The van der Waals surface area contributed by atoms with Crippen LogP contribution < -0.4 is 0 Å². The van der Waals surface area contributed by atoms with Crippen molar-refractivity contribution in [1.29, 1.82) is 0 Å². The quantitative estimate of drug-likeness (QED) is 0.473. The van der Waals surface area contributed by atoms with Crippen LogP contribution in [0.3, 0.4) is 0 Å². The lowest BCUT2D eigenvalue weighted by Gasteiger charge is -2.35. The number of carbonyl (C=O) groups is 2. The molecule has 0 bridgehead atoms. The predicted molar refractivity (Wildman–Crippen MR) is 95.5 cm³/mol. The first-order valence-electron chi connectivity index (χ1n) is 9.63. The van der Waals surface area contributed by atoms with Crippen LogP contribution in [0.25, 0.3) is 0 Å². The Morgan fingerprint density at radius 2 is 1.29 bits per heavy atom. The van der Waals surface area contributed by atoms with Crippen LogP contribution in [-0.4, -0.2) is 24.1 Å². The maximum atomic E-state index is 12.7. The van der Waals surface area contributed by atoms with Crippen molar-refractivity contribution in [3.63, 3.8) is 0 Å². The fourth-order valence-corrected chi connectivity index (χ4v) is 3.76. The molecule has 1 aliphatic rings. The molecule has 24 heavy (non-hydrogen) atoms. The first-order valence-corrected chi connectivity index (χ1v) is 9.63. The molecule has 1 rings (SSSR count). The molecule has 1 unspecified atom stereocenters. The van der Waals surface area contributed by atoms with Gasteiger partial charge in [-0.25, -0.2) is 0 Å². The van der Waals surface area contributed by atoms with Crippen molar-refractivity contribution in [2.75, 3.05) is 0 Å². The van der Waals surface area contributed by atoms with E-state index < -0.39 is 17.9 Å². The fraction of sp³-hybridized carbons (Fsp3) is 0.900. The van der Waals surface area contributed by atoms with E-state index in [1.54, 1.807) is 0 Å². The Morgan fingerprint density at radius 1 is 0.833 bits per heavy atom. The molecule has 0 aromatic heterocycles. The minimum absolute atomic E-state index is 0.0165. The normalized spacial score (nSPS) is 17.6. The van der Waals surface area contributed by atoms with E-state index in [9.17, 15) is 9.59 Å². The van der Waals surface area contributed by atoms with Crippen molar-refractivity contribution in [2.24, 2.45) is 23.7 Å². The van der Waals surface area contributed by atoms with Crippen molar-refractivity contribution in [1.82, 2.24) is 0 Å². The molecular formula is C20H36O4. The zero-order valence-electron chi connectivity index (χ0n) is 16.3. The van der Waals surface area contributed by atoms with Crippen LogP contribution in [0, 0.1) is 23.7 Å². The maximum absolute atomic E-state index is 12.7. The van der Waals surface area contributed by atoms with Crippen LogP contribution in [0.15, 0.2) is 0 Å². The molecule has 4 heteroatoms. The second kappa shape index (κ2) is 10.0. The third-order valence-electron chi connectivity index (χ3n) is 4.64. The summed E-state index contributed by atoms with van der Waals surface area (Å²) in [6.45, 7) is 11.6. The average molecular weight is 341 g/mol. The molecule has 4 nitrogen and oxygen atoms in total. The summed E-state index contributed by atoms with van der Waals surface area (Å²) in [4.78, 5) is 25.4. The largest absolute Gasteiger partial charge is 0.462 e. The number of carbonyl (C=O) groups excluding carboxylic acids is 2. The van der Waals surface area contributed by atoms with E-state index in [4.69, 9.17) is 9.47 Å². The highest BCUT2D eigenvalue weighted by atomic mass is 16.6. The van der Waals surface area contributed by atoms with Crippen LogP contribution in [0.5, 0.6) is 0 Å². The van der Waals surface area contributed by atoms with Gasteiger partial charge in [-0.2, -0.15) is 0 Å². The van der Waals surface area contributed by atoms with E-state index in [1.807, 2.05) is 27.7 Å². The number of ether oxygens (including phenoxy) is 2. The summed E-state index contributed by atoms with van der Waals surface area (Å²) in [6.07, 6.45) is 6.22. The number of rotatable bonds is 8. The Labute approximate surface area is 147 Å². The molecular weight excluding hydrogens is 304 g/mol. The highest BCUT2D eigenvalue weighted by Gasteiger charge is 2.42. The van der Waals surface area contributed by atoms with Crippen LogP contribution >= 0.6 is 0 Å². The third kappa shape index (κ3) is 6.82. The minimum Gasteiger partial charge on any atom is -0.462 e. The zero-order chi connectivity index (χ0) is 18.3. The van der Waals surface area contributed by atoms with Gasteiger partial charge < -0.3 is 9.47 Å². The lowest BCUT2D eigenvalue weighted by atomic mass is 9.70. The Morgan fingerprint density at radius 3 is 1.67 bits per heavy atom. The van der Waals surface area contributed by atoms with Gasteiger partial charge in [0.1, 0.15) is 0 Å². The van der Waals surface area contributed by atoms with Gasteiger partial charge in [0.25, 0.3) is 0 Å². The van der Waals surface area contributed by atoms with Crippen LogP contribution in [-0.2, 0) is 19.1 Å². The zero-order valence-corrected chi connectivity index (χ0v) is 16.3. The summed E-state index contributed by atoms with van der Waals surface area (Å²) < 4.78 is 10.9. The van der Waals surface area contributed by atoms with E-state index in [2.05, 4.69) is 13.8 Å². The van der Waals surface area contributed by atoms with E-state index in [0.717, 1.165) is 19.3 Å². The average Bonchev–Trinajstić information content (AvgIpc) is 2.45. The highest BCUT2D eigenvalue weighted by molar-refractivity contribution is 5.95. The first-order chi connectivity index (χ1) is 11.2. The molecule has 140 valence electrons. The summed E-state index contributed by atoms with van der Waals surface area (Å²) in [7, 11) is 0. The predicted octanol–water partition coefficient (Wildman–Crippen LogP) is 4.75. The van der Waals surface area contributed by atoms with E-state index in [0.29, 0.717) is 11.8 Å². The van der Waals surface area contributed by atoms with Crippen LogP contribution in [0.2, 0.25) is 0 Å². The van der Waals surface area contributed by atoms with Crippen LogP contribution in [0.4, 0.5) is 0 Å². The molecule has 0 radical (unpaired) electrons. The smallest absolute Gasteiger partial charge is 0.320 e. The molecule has 1 aliphatic carbocycles. The lowest BCUT2D eigenvalue weighted by molar-refractivity contribution is -0.171. The SMILES string of the molecule is CC(C)CC(C1CCCCC1)C(C(=O)OC(C)C)C(=O)OC(C)C. The molecule has 0 spiro atoms. The maximum Gasteiger partial charge on any atom is 0.320 e. The molecule has 1 fully saturated rings. The molecule has 1 saturated carbocycles. The molecule has 0 heterocycles. The molecule has 0 N–H and O–H groups in total. The molecule has 0 aliphatic heterocycles. The van der Waals surface area contributed by atoms with E-state index in [1.165, 1.54) is 19.3 Å². The standard InChI is InChI=1S/C20H36O4/c1-13(2)12-17(16-10-8-7-9-11-16)18(19(21)23-14(3)4)20(22)24-15(5)6/h13-18H,7-12H2,1-6H3. The van der Waals surface area contributed by atoms with Crippen molar-refractivity contribution >= 4 is 11.9 Å². The van der Waals surface area contributed by atoms with Gasteiger partial charge in [0.2, 0.25) is 0 Å². The van der Waals surface area contributed by atoms with Gasteiger partial charge in [-0.1, -0.05) is 46.0 Å². The molecule has 0 aromatic rings. The van der Waals surface area contributed by atoms with Gasteiger partial charge in [-0.3, -0.25) is 9.59 Å². The summed E-state index contributed by atoms with van der Waals surface area (Å²) in [6, 6.07) is 0.